The lowest BCUT2D eigenvalue weighted by atomic mass is 10.1. The highest BCUT2D eigenvalue weighted by Gasteiger charge is 2.24. The zero-order chi connectivity index (χ0) is 14.6. The molecule has 0 aromatic rings. The average molecular weight is 299 g/mol. The first-order valence-corrected chi connectivity index (χ1v) is 9.21. The fraction of sp³-hybridized carbons (Fsp3) is 0.875. The molecule has 0 bridgehead atoms. The van der Waals surface area contributed by atoms with Gasteiger partial charge in [0.05, 0.1) is 0 Å². The van der Waals surface area contributed by atoms with E-state index in [1.165, 1.54) is 61.6 Å². The second kappa shape index (κ2) is 11.2. The van der Waals surface area contributed by atoms with Crippen molar-refractivity contribution in [2.24, 2.45) is 0 Å². The molecular formula is C16H29NO2S. The van der Waals surface area contributed by atoms with Crippen LogP contribution in [0.25, 0.3) is 0 Å². The van der Waals surface area contributed by atoms with Crippen molar-refractivity contribution < 1.29 is 9.59 Å². The highest BCUT2D eigenvalue weighted by Crippen LogP contribution is 2.19. The molecular weight excluding hydrogens is 270 g/mol. The maximum Gasteiger partial charge on any atom is 0.288 e. The largest absolute Gasteiger partial charge is 0.288 e. The number of carbonyl (C=O) groups excluding carboxylic acids is 2. The second-order valence-corrected chi connectivity index (χ2v) is 6.64. The predicted octanol–water partition coefficient (Wildman–Crippen LogP) is 4.99. The fourth-order valence-electron chi connectivity index (χ4n) is 2.50. The summed E-state index contributed by atoms with van der Waals surface area (Å²) in [5, 5.41) is -0.0443. The zero-order valence-electron chi connectivity index (χ0n) is 12.9. The molecule has 1 fully saturated rings. The molecule has 0 aromatic heterocycles. The zero-order valence-corrected chi connectivity index (χ0v) is 13.7. The molecule has 1 rings (SSSR count). The summed E-state index contributed by atoms with van der Waals surface area (Å²) < 4.78 is 0. The van der Waals surface area contributed by atoms with Crippen LogP contribution in [-0.2, 0) is 4.79 Å². The number of thioether (sulfide) groups is 1. The van der Waals surface area contributed by atoms with E-state index in [1.54, 1.807) is 0 Å². The number of rotatable bonds is 10. The van der Waals surface area contributed by atoms with E-state index >= 15 is 0 Å². The number of unbranched alkanes of at least 4 members (excludes halogenated alkanes) is 8. The molecule has 0 spiro atoms. The molecule has 1 aliphatic heterocycles. The number of imide groups is 1. The van der Waals surface area contributed by atoms with Crippen LogP contribution in [0.3, 0.4) is 0 Å². The van der Waals surface area contributed by atoms with Gasteiger partial charge in [0.25, 0.3) is 5.24 Å². The number of nitrogens with zero attached hydrogens (tertiary/aromatic N) is 1. The molecule has 1 heterocycles. The Balaban J connectivity index is 1.95. The van der Waals surface area contributed by atoms with Crippen molar-refractivity contribution >= 4 is 22.9 Å². The maximum atomic E-state index is 11.9. The Kier molecular flexibility index (Phi) is 9.81. The maximum absolute atomic E-state index is 11.9. The quantitative estimate of drug-likeness (QED) is 0.533. The van der Waals surface area contributed by atoms with Crippen LogP contribution in [0, 0.1) is 0 Å². The Hall–Kier alpha value is -0.510. The van der Waals surface area contributed by atoms with Crippen molar-refractivity contribution in [1.82, 2.24) is 4.90 Å². The Bertz CT molecular complexity index is 294. The average Bonchev–Trinajstić information content (AvgIpc) is 2.46. The molecule has 0 unspecified atom stereocenters. The Morgan fingerprint density at radius 2 is 1.65 bits per heavy atom. The van der Waals surface area contributed by atoms with Crippen molar-refractivity contribution in [3.63, 3.8) is 0 Å². The van der Waals surface area contributed by atoms with Crippen LogP contribution in [0.2, 0.25) is 0 Å². The van der Waals surface area contributed by atoms with Gasteiger partial charge in [0.15, 0.2) is 0 Å². The van der Waals surface area contributed by atoms with Crippen molar-refractivity contribution in [1.29, 1.82) is 0 Å². The van der Waals surface area contributed by atoms with Gasteiger partial charge in [-0.1, -0.05) is 70.1 Å². The number of hydrogen-bond acceptors (Lipinski definition) is 3. The normalized spacial score (nSPS) is 15.7. The van der Waals surface area contributed by atoms with Gasteiger partial charge >= 0.3 is 0 Å². The molecule has 0 aromatic carbocycles. The van der Waals surface area contributed by atoms with Gasteiger partial charge in [0.1, 0.15) is 0 Å². The first-order chi connectivity index (χ1) is 9.75. The Labute approximate surface area is 127 Å². The lowest BCUT2D eigenvalue weighted by Gasteiger charge is -2.24. The molecule has 0 N–H and O–H groups in total. The van der Waals surface area contributed by atoms with Gasteiger partial charge in [0, 0.05) is 18.7 Å². The van der Waals surface area contributed by atoms with Crippen LogP contribution in [0.1, 0.15) is 77.6 Å². The Morgan fingerprint density at radius 3 is 2.25 bits per heavy atom. The van der Waals surface area contributed by atoms with Crippen LogP contribution in [0.15, 0.2) is 0 Å². The topological polar surface area (TPSA) is 37.4 Å². The van der Waals surface area contributed by atoms with Crippen LogP contribution >= 0.6 is 11.8 Å². The van der Waals surface area contributed by atoms with Gasteiger partial charge < -0.3 is 0 Å². The van der Waals surface area contributed by atoms with Crippen LogP contribution in [-0.4, -0.2) is 28.3 Å². The van der Waals surface area contributed by atoms with E-state index < -0.39 is 0 Å². The lowest BCUT2D eigenvalue weighted by Crippen LogP contribution is -2.38. The molecule has 0 aliphatic carbocycles. The van der Waals surface area contributed by atoms with Crippen molar-refractivity contribution in [2.75, 3.05) is 12.3 Å². The van der Waals surface area contributed by atoms with Gasteiger partial charge in [-0.25, -0.2) is 0 Å². The monoisotopic (exact) mass is 299 g/mol. The minimum absolute atomic E-state index is 0.0325. The molecule has 116 valence electrons. The fourth-order valence-corrected chi connectivity index (χ4v) is 3.30. The summed E-state index contributed by atoms with van der Waals surface area (Å²) in [6, 6.07) is 0. The summed E-state index contributed by atoms with van der Waals surface area (Å²) in [5.41, 5.74) is 0. The molecule has 2 amide bonds. The van der Waals surface area contributed by atoms with E-state index in [9.17, 15) is 9.59 Å². The molecule has 0 radical (unpaired) electrons. The standard InChI is InChI=1S/C16H29NO2S/c1-2-3-4-5-6-7-8-9-10-12-15(18)17-13-11-14-20-16(17)19/h2-14H2,1H3. The van der Waals surface area contributed by atoms with Crippen molar-refractivity contribution in [2.45, 2.75) is 77.6 Å². The summed E-state index contributed by atoms with van der Waals surface area (Å²) in [5.74, 6) is 0.894. The molecule has 1 saturated heterocycles. The smallest absolute Gasteiger partial charge is 0.274 e. The lowest BCUT2D eigenvalue weighted by molar-refractivity contribution is -0.128. The minimum atomic E-state index is -0.0443. The van der Waals surface area contributed by atoms with E-state index in [2.05, 4.69) is 6.92 Å². The van der Waals surface area contributed by atoms with Gasteiger partial charge in [-0.05, 0) is 12.8 Å². The van der Waals surface area contributed by atoms with Gasteiger partial charge in [-0.2, -0.15) is 0 Å². The summed E-state index contributed by atoms with van der Waals surface area (Å²) in [6.07, 6.45) is 12.8. The molecule has 4 heteroatoms. The summed E-state index contributed by atoms with van der Waals surface area (Å²) in [7, 11) is 0. The highest BCUT2D eigenvalue weighted by atomic mass is 32.2. The molecule has 0 atom stereocenters. The first kappa shape index (κ1) is 17.5. The molecule has 1 aliphatic rings. The van der Waals surface area contributed by atoms with Crippen LogP contribution in [0.4, 0.5) is 4.79 Å². The highest BCUT2D eigenvalue weighted by molar-refractivity contribution is 8.13. The van der Waals surface area contributed by atoms with Gasteiger partial charge in [0.2, 0.25) is 5.91 Å². The molecule has 0 saturated carbocycles. The minimum Gasteiger partial charge on any atom is -0.274 e. The van der Waals surface area contributed by atoms with E-state index in [0.717, 1.165) is 25.0 Å². The third kappa shape index (κ3) is 7.32. The number of amides is 2. The summed E-state index contributed by atoms with van der Waals surface area (Å²) in [6.45, 7) is 2.87. The van der Waals surface area contributed by atoms with E-state index in [-0.39, 0.29) is 11.1 Å². The van der Waals surface area contributed by atoms with Crippen molar-refractivity contribution in [3.05, 3.63) is 0 Å². The first-order valence-electron chi connectivity index (χ1n) is 8.23. The van der Waals surface area contributed by atoms with E-state index in [1.807, 2.05) is 0 Å². The Morgan fingerprint density at radius 1 is 1.05 bits per heavy atom. The number of carbonyl (C=O) groups is 2. The van der Waals surface area contributed by atoms with Crippen molar-refractivity contribution in [3.8, 4) is 0 Å². The third-order valence-corrected chi connectivity index (χ3v) is 4.73. The third-order valence-electron chi connectivity index (χ3n) is 3.77. The molecule has 20 heavy (non-hydrogen) atoms. The van der Waals surface area contributed by atoms with Gasteiger partial charge in [-0.15, -0.1) is 0 Å². The van der Waals surface area contributed by atoms with Crippen LogP contribution in [0.5, 0.6) is 0 Å². The summed E-state index contributed by atoms with van der Waals surface area (Å²) in [4.78, 5) is 24.9. The predicted molar refractivity (Wildman–Crippen MR) is 86.0 cm³/mol. The summed E-state index contributed by atoms with van der Waals surface area (Å²) >= 11 is 1.28. The number of hydrogen-bond donors (Lipinski definition) is 0. The van der Waals surface area contributed by atoms with Crippen LogP contribution < -0.4 is 0 Å². The van der Waals surface area contributed by atoms with E-state index in [0.29, 0.717) is 13.0 Å². The SMILES string of the molecule is CCCCCCCCCCCC(=O)N1CCCSC1=O. The van der Waals surface area contributed by atoms with E-state index in [4.69, 9.17) is 0 Å². The molecule has 3 nitrogen and oxygen atoms in total. The second-order valence-electron chi connectivity index (χ2n) is 5.59. The van der Waals surface area contributed by atoms with Gasteiger partial charge in [-0.3, -0.25) is 14.5 Å².